The first-order valence-electron chi connectivity index (χ1n) is 9.99. The number of carbonyl (C=O) groups is 2. The van der Waals surface area contributed by atoms with Gasteiger partial charge in [0.2, 0.25) is 0 Å². The van der Waals surface area contributed by atoms with Crippen molar-refractivity contribution in [2.45, 2.75) is 64.8 Å². The van der Waals surface area contributed by atoms with Crippen LogP contribution in [-0.2, 0) is 25.7 Å². The first-order valence-corrected chi connectivity index (χ1v) is 9.99. The summed E-state index contributed by atoms with van der Waals surface area (Å²) in [5.74, 6) is -0.824. The minimum Gasteiger partial charge on any atom is -0.480 e. The highest BCUT2D eigenvalue weighted by Gasteiger charge is 2.40. The Morgan fingerprint density at radius 1 is 1.28 bits per heavy atom. The molecule has 1 aromatic rings. The molecule has 1 aromatic heterocycles. The molecule has 160 valence electrons. The number of ether oxygens (including phenoxy) is 1. The first-order chi connectivity index (χ1) is 13.8. The van der Waals surface area contributed by atoms with Crippen LogP contribution in [0.5, 0.6) is 0 Å². The molecule has 1 atom stereocenters. The molecule has 1 saturated carbocycles. The summed E-state index contributed by atoms with van der Waals surface area (Å²) < 4.78 is 5.40. The lowest BCUT2D eigenvalue weighted by molar-refractivity contribution is -0.180. The van der Waals surface area contributed by atoms with Crippen molar-refractivity contribution >= 4 is 18.0 Å². The number of carbonyl (C=O) groups excluding carboxylic acids is 1. The Morgan fingerprint density at radius 2 is 2.00 bits per heavy atom. The summed E-state index contributed by atoms with van der Waals surface area (Å²) in [5, 5.41) is 12.7. The number of carboxylic acid groups (broad SMARTS) is 1. The van der Waals surface area contributed by atoms with E-state index in [-0.39, 0.29) is 0 Å². The van der Waals surface area contributed by atoms with Crippen LogP contribution in [0, 0.1) is 5.92 Å². The van der Waals surface area contributed by atoms with E-state index in [0.29, 0.717) is 37.6 Å². The molecule has 0 saturated heterocycles. The van der Waals surface area contributed by atoms with Crippen molar-refractivity contribution in [2.75, 3.05) is 6.61 Å². The van der Waals surface area contributed by atoms with Crippen molar-refractivity contribution in [3.8, 4) is 0 Å². The van der Waals surface area contributed by atoms with Crippen LogP contribution in [0.25, 0.3) is 6.08 Å². The number of pyridine rings is 1. The van der Waals surface area contributed by atoms with Crippen molar-refractivity contribution in [3.63, 3.8) is 0 Å². The van der Waals surface area contributed by atoms with Gasteiger partial charge in [0, 0.05) is 18.8 Å². The lowest BCUT2D eigenvalue weighted by Crippen LogP contribution is -2.49. The summed E-state index contributed by atoms with van der Waals surface area (Å²) in [7, 11) is 0. The minimum absolute atomic E-state index is 0.383. The number of hydrogen-bond donors (Lipinski definition) is 3. The van der Waals surface area contributed by atoms with Gasteiger partial charge in [-0.1, -0.05) is 32.8 Å². The summed E-state index contributed by atoms with van der Waals surface area (Å²) in [5.41, 5.74) is 2.98. The van der Waals surface area contributed by atoms with E-state index in [4.69, 9.17) is 9.57 Å². The average molecular weight is 405 g/mol. The first kappa shape index (κ1) is 23.0. The van der Waals surface area contributed by atoms with E-state index in [1.807, 2.05) is 19.9 Å². The third-order valence-corrected chi connectivity index (χ3v) is 4.74. The van der Waals surface area contributed by atoms with Gasteiger partial charge in [-0.2, -0.15) is 0 Å². The fourth-order valence-electron chi connectivity index (χ4n) is 3.05. The second-order valence-corrected chi connectivity index (χ2v) is 7.75. The summed E-state index contributed by atoms with van der Waals surface area (Å²) in [6.45, 7) is 6.75. The van der Waals surface area contributed by atoms with Gasteiger partial charge in [0.25, 0.3) is 5.91 Å². The number of rotatable bonds is 11. The van der Waals surface area contributed by atoms with Crippen LogP contribution in [0.1, 0.15) is 57.7 Å². The number of amides is 1. The molecule has 8 nitrogen and oxygen atoms in total. The zero-order valence-electron chi connectivity index (χ0n) is 17.3. The highest BCUT2D eigenvalue weighted by molar-refractivity contribution is 5.90. The van der Waals surface area contributed by atoms with Gasteiger partial charge in [-0.15, -0.1) is 0 Å². The van der Waals surface area contributed by atoms with Crippen molar-refractivity contribution in [1.82, 2.24) is 15.8 Å². The van der Waals surface area contributed by atoms with Crippen LogP contribution in [0.3, 0.4) is 0 Å². The summed E-state index contributed by atoms with van der Waals surface area (Å²) >= 11 is 0. The molecule has 2 rings (SSSR count). The fourth-order valence-corrected chi connectivity index (χ4v) is 3.05. The van der Waals surface area contributed by atoms with Gasteiger partial charge in [0.1, 0.15) is 5.54 Å². The lowest BCUT2D eigenvalue weighted by atomic mass is 9.97. The number of nitrogens with one attached hydrogen (secondary N) is 2. The number of aromatic nitrogens is 1. The normalized spacial score (nSPS) is 17.0. The van der Waals surface area contributed by atoms with Gasteiger partial charge in [0.05, 0.1) is 12.3 Å². The van der Waals surface area contributed by atoms with Crippen LogP contribution >= 0.6 is 0 Å². The van der Waals surface area contributed by atoms with Crippen LogP contribution in [0.2, 0.25) is 0 Å². The molecule has 0 aliphatic heterocycles. The molecule has 0 bridgehead atoms. The van der Waals surface area contributed by atoms with Crippen LogP contribution in [-0.4, -0.2) is 40.4 Å². The molecule has 1 aliphatic rings. The standard InChI is InChI=1S/C21H31N3O5/c1-15(2)14-28-16(3)29-24-19(25)9-8-18-7-6-17(12-22-18)13-23-21(20(26)27)10-4-5-11-21/h6-9,12,15-16,23H,4-5,10-11,13-14H2,1-3H3,(H,24,25)(H,26,27). The quantitative estimate of drug-likeness (QED) is 0.295. The Labute approximate surface area is 171 Å². The summed E-state index contributed by atoms with van der Waals surface area (Å²) in [6.07, 6.45) is 7.19. The Morgan fingerprint density at radius 3 is 2.59 bits per heavy atom. The molecule has 1 aliphatic carbocycles. The molecule has 0 radical (unpaired) electrons. The Bertz CT molecular complexity index is 697. The topological polar surface area (TPSA) is 110 Å². The smallest absolute Gasteiger partial charge is 0.323 e. The number of hydroxylamine groups is 1. The van der Waals surface area contributed by atoms with Crippen LogP contribution in [0.15, 0.2) is 24.4 Å². The number of carboxylic acids is 1. The molecule has 1 unspecified atom stereocenters. The zero-order chi connectivity index (χ0) is 21.3. The molecule has 3 N–H and O–H groups in total. The van der Waals surface area contributed by atoms with E-state index in [0.717, 1.165) is 18.4 Å². The van der Waals surface area contributed by atoms with E-state index >= 15 is 0 Å². The third-order valence-electron chi connectivity index (χ3n) is 4.74. The van der Waals surface area contributed by atoms with Gasteiger partial charge >= 0.3 is 5.97 Å². The molecule has 1 heterocycles. The average Bonchev–Trinajstić information content (AvgIpc) is 3.19. The highest BCUT2D eigenvalue weighted by atomic mass is 16.8. The molecule has 29 heavy (non-hydrogen) atoms. The summed E-state index contributed by atoms with van der Waals surface area (Å²) in [6, 6.07) is 3.64. The molecule has 1 fully saturated rings. The number of aliphatic carboxylic acids is 1. The number of nitrogens with zero attached hydrogens (tertiary/aromatic N) is 1. The zero-order valence-corrected chi connectivity index (χ0v) is 17.3. The largest absolute Gasteiger partial charge is 0.480 e. The van der Waals surface area contributed by atoms with Gasteiger partial charge in [0.15, 0.2) is 6.29 Å². The van der Waals surface area contributed by atoms with E-state index < -0.39 is 23.7 Å². The third kappa shape index (κ3) is 7.56. The molecule has 8 heteroatoms. The predicted molar refractivity (Wildman–Crippen MR) is 108 cm³/mol. The molecule has 1 amide bonds. The van der Waals surface area contributed by atoms with E-state index in [9.17, 15) is 14.7 Å². The minimum atomic E-state index is -0.827. The Balaban J connectivity index is 1.78. The van der Waals surface area contributed by atoms with Crippen molar-refractivity contribution in [2.24, 2.45) is 5.92 Å². The van der Waals surface area contributed by atoms with Crippen LogP contribution in [0.4, 0.5) is 0 Å². The van der Waals surface area contributed by atoms with E-state index in [2.05, 4.69) is 15.8 Å². The van der Waals surface area contributed by atoms with Gasteiger partial charge in [-0.05, 0) is 43.4 Å². The van der Waals surface area contributed by atoms with Crippen molar-refractivity contribution < 1.29 is 24.3 Å². The molecular weight excluding hydrogens is 374 g/mol. The van der Waals surface area contributed by atoms with Gasteiger partial charge in [-0.25, -0.2) is 10.3 Å². The van der Waals surface area contributed by atoms with E-state index in [1.54, 1.807) is 25.3 Å². The van der Waals surface area contributed by atoms with Gasteiger partial charge in [-0.3, -0.25) is 19.9 Å². The SMILES string of the molecule is CC(C)COC(C)ONC(=O)C=Cc1ccc(CNC2(C(=O)O)CCCC2)cn1. The molecular formula is C21H31N3O5. The predicted octanol–water partition coefficient (Wildman–Crippen LogP) is 2.65. The highest BCUT2D eigenvalue weighted by Crippen LogP contribution is 2.30. The second-order valence-electron chi connectivity index (χ2n) is 7.75. The van der Waals surface area contributed by atoms with Crippen LogP contribution < -0.4 is 10.8 Å². The van der Waals surface area contributed by atoms with Gasteiger partial charge < -0.3 is 9.84 Å². The molecule has 0 aromatic carbocycles. The lowest BCUT2D eigenvalue weighted by Gasteiger charge is -2.25. The van der Waals surface area contributed by atoms with Crippen molar-refractivity contribution in [1.29, 1.82) is 0 Å². The fraction of sp³-hybridized carbons (Fsp3) is 0.571. The van der Waals surface area contributed by atoms with E-state index in [1.165, 1.54) is 6.08 Å². The Kier molecular flexibility index (Phi) is 8.75. The number of hydrogen-bond acceptors (Lipinski definition) is 6. The maximum Gasteiger partial charge on any atom is 0.323 e. The second kappa shape index (κ2) is 11.0. The monoisotopic (exact) mass is 405 g/mol. The summed E-state index contributed by atoms with van der Waals surface area (Å²) in [4.78, 5) is 32.8. The Hall–Kier alpha value is -2.29. The maximum atomic E-state index is 11.8. The van der Waals surface area contributed by atoms with Crippen molar-refractivity contribution in [3.05, 3.63) is 35.7 Å². The molecule has 0 spiro atoms. The maximum absolute atomic E-state index is 11.8.